The second kappa shape index (κ2) is 9.50. The number of aliphatic imine (C=N–C) groups is 1. The highest BCUT2D eigenvalue weighted by atomic mass is 127. The molecule has 0 bridgehead atoms. The van der Waals surface area contributed by atoms with Crippen LogP contribution in [0.3, 0.4) is 0 Å². The van der Waals surface area contributed by atoms with Crippen LogP contribution in [-0.2, 0) is 17.5 Å². The van der Waals surface area contributed by atoms with E-state index in [1.807, 2.05) is 4.90 Å². The van der Waals surface area contributed by atoms with Crippen LogP contribution in [-0.4, -0.2) is 57.3 Å². The molecule has 1 aromatic carbocycles. The monoisotopic (exact) mass is 538 g/mol. The van der Waals surface area contributed by atoms with Crippen molar-refractivity contribution in [2.75, 3.05) is 51.3 Å². The van der Waals surface area contributed by atoms with Gasteiger partial charge in [0.15, 0.2) is 5.96 Å². The molecule has 0 aromatic heterocycles. The molecule has 1 aromatic rings. The largest absolute Gasteiger partial charge is 0.416 e. The molecule has 1 N–H and O–H groups in total. The number of benzene rings is 1. The summed E-state index contributed by atoms with van der Waals surface area (Å²) in [5, 5.41) is 3.17. The van der Waals surface area contributed by atoms with Crippen molar-refractivity contribution in [2.24, 2.45) is 10.4 Å². The Morgan fingerprint density at radius 1 is 1.17 bits per heavy atom. The molecule has 0 radical (unpaired) electrons. The molecule has 4 rings (SSSR count). The number of morpholine rings is 1. The summed E-state index contributed by atoms with van der Waals surface area (Å²) >= 11 is 0. The maximum Gasteiger partial charge on any atom is 0.416 e. The Morgan fingerprint density at radius 3 is 2.47 bits per heavy atom. The van der Waals surface area contributed by atoms with E-state index in [0.29, 0.717) is 43.4 Å². The van der Waals surface area contributed by atoms with Gasteiger partial charge >= 0.3 is 6.18 Å². The van der Waals surface area contributed by atoms with Crippen molar-refractivity contribution in [3.63, 3.8) is 0 Å². The van der Waals surface area contributed by atoms with Crippen LogP contribution in [0.2, 0.25) is 0 Å². The number of nitrogens with one attached hydrogen (secondary N) is 1. The van der Waals surface area contributed by atoms with E-state index in [-0.39, 0.29) is 36.1 Å². The summed E-state index contributed by atoms with van der Waals surface area (Å²) in [5.41, 5.74) is 0.670. The Hall–Kier alpha value is -1.23. The number of hydrogen-bond acceptors (Lipinski definition) is 3. The maximum absolute atomic E-state index is 13.7. The molecule has 0 unspecified atom stereocenters. The predicted molar refractivity (Wildman–Crippen MR) is 123 cm³/mol. The lowest BCUT2D eigenvalue weighted by Gasteiger charge is -2.38. The number of anilines is 1. The van der Waals surface area contributed by atoms with E-state index in [1.54, 1.807) is 19.2 Å². The van der Waals surface area contributed by atoms with Crippen molar-refractivity contribution in [1.29, 1.82) is 0 Å². The van der Waals surface area contributed by atoms with E-state index < -0.39 is 11.7 Å². The molecule has 0 amide bonds. The smallest absolute Gasteiger partial charge is 0.378 e. The number of likely N-dealkylation sites (tertiary alicyclic amines) is 1. The van der Waals surface area contributed by atoms with Gasteiger partial charge in [0.2, 0.25) is 0 Å². The van der Waals surface area contributed by atoms with Crippen LogP contribution in [0, 0.1) is 5.41 Å². The number of guanidine groups is 1. The summed E-state index contributed by atoms with van der Waals surface area (Å²) in [5.74, 6) is 0.694. The van der Waals surface area contributed by atoms with Crippen molar-refractivity contribution >= 4 is 35.6 Å². The van der Waals surface area contributed by atoms with Crippen LogP contribution in [0.4, 0.5) is 18.9 Å². The molecular formula is C21H30F3IN4O. The molecule has 3 fully saturated rings. The first-order chi connectivity index (χ1) is 13.9. The fourth-order valence-corrected chi connectivity index (χ4v) is 4.71. The Morgan fingerprint density at radius 2 is 1.90 bits per heavy atom. The Bertz CT molecular complexity index is 761. The second-order valence-electron chi connectivity index (χ2n) is 8.36. The normalized spacial score (nSPS) is 21.4. The second-order valence-corrected chi connectivity index (χ2v) is 8.36. The topological polar surface area (TPSA) is 40.1 Å². The van der Waals surface area contributed by atoms with Crippen molar-refractivity contribution in [3.05, 3.63) is 29.3 Å². The average Bonchev–Trinajstić information content (AvgIpc) is 3.15. The Balaban J connectivity index is 0.00000256. The first-order valence-electron chi connectivity index (χ1n) is 10.4. The quantitative estimate of drug-likeness (QED) is 0.358. The third-order valence-corrected chi connectivity index (χ3v) is 6.58. The number of hydrogen-bond donors (Lipinski definition) is 1. The average molecular weight is 538 g/mol. The van der Waals surface area contributed by atoms with Gasteiger partial charge < -0.3 is 19.9 Å². The third-order valence-electron chi connectivity index (χ3n) is 6.58. The van der Waals surface area contributed by atoms with E-state index in [1.165, 1.54) is 25.3 Å². The van der Waals surface area contributed by atoms with Gasteiger partial charge in [0, 0.05) is 45.5 Å². The molecule has 2 heterocycles. The highest BCUT2D eigenvalue weighted by Gasteiger charge is 2.43. The zero-order valence-electron chi connectivity index (χ0n) is 17.3. The van der Waals surface area contributed by atoms with Crippen molar-refractivity contribution in [3.8, 4) is 0 Å². The van der Waals surface area contributed by atoms with Gasteiger partial charge in [-0.3, -0.25) is 4.99 Å². The van der Waals surface area contributed by atoms with E-state index in [9.17, 15) is 13.2 Å². The van der Waals surface area contributed by atoms with Crippen LogP contribution in [0.25, 0.3) is 0 Å². The highest BCUT2D eigenvalue weighted by molar-refractivity contribution is 14.0. The maximum atomic E-state index is 13.7. The summed E-state index contributed by atoms with van der Waals surface area (Å²) in [6.45, 7) is 4.28. The molecule has 5 nitrogen and oxygen atoms in total. The van der Waals surface area contributed by atoms with Crippen LogP contribution in [0.1, 0.15) is 36.8 Å². The lowest BCUT2D eigenvalue weighted by molar-refractivity contribution is -0.138. The molecule has 1 spiro atoms. The van der Waals surface area contributed by atoms with Crippen LogP contribution in [0.15, 0.2) is 23.2 Å². The standard InChI is InChI=1S/C21H29F3N4O.HI/c1-25-19(28-8-7-20(15-28)5-2-6-20)26-14-16-3-4-17(13-18(16)21(22,23)24)27-9-11-29-12-10-27;/h3-4,13H,2,5-12,14-15H2,1H3,(H,25,26);1H. The number of rotatable bonds is 3. The minimum absolute atomic E-state index is 0. The van der Waals surface area contributed by atoms with Crippen molar-refractivity contribution in [2.45, 2.75) is 38.4 Å². The van der Waals surface area contributed by atoms with Gasteiger partial charge in [-0.05, 0) is 42.4 Å². The zero-order valence-corrected chi connectivity index (χ0v) is 19.6. The van der Waals surface area contributed by atoms with E-state index in [2.05, 4.69) is 15.2 Å². The Labute approximate surface area is 193 Å². The lowest BCUT2D eigenvalue weighted by Crippen LogP contribution is -2.42. The van der Waals surface area contributed by atoms with Crippen LogP contribution in [0.5, 0.6) is 0 Å². The summed E-state index contributed by atoms with van der Waals surface area (Å²) in [6.07, 6.45) is 0.538. The molecule has 2 saturated heterocycles. The summed E-state index contributed by atoms with van der Waals surface area (Å²) < 4.78 is 46.5. The first kappa shape index (κ1) is 23.4. The summed E-state index contributed by atoms with van der Waals surface area (Å²) in [4.78, 5) is 8.45. The molecule has 30 heavy (non-hydrogen) atoms. The predicted octanol–water partition coefficient (Wildman–Crippen LogP) is 4.11. The van der Waals surface area contributed by atoms with Gasteiger partial charge in [0.25, 0.3) is 0 Å². The lowest BCUT2D eigenvalue weighted by atomic mass is 9.68. The molecule has 0 atom stereocenters. The van der Waals surface area contributed by atoms with Gasteiger partial charge in [-0.25, -0.2) is 0 Å². The summed E-state index contributed by atoms with van der Waals surface area (Å²) in [6, 6.07) is 4.63. The molecule has 3 aliphatic rings. The molecule has 1 aliphatic carbocycles. The van der Waals surface area contributed by atoms with Gasteiger partial charge in [-0.2, -0.15) is 13.2 Å². The van der Waals surface area contributed by atoms with Crippen LogP contribution >= 0.6 is 24.0 Å². The minimum Gasteiger partial charge on any atom is -0.378 e. The summed E-state index contributed by atoms with van der Waals surface area (Å²) in [7, 11) is 1.69. The molecule has 1 saturated carbocycles. The number of ether oxygens (including phenoxy) is 1. The van der Waals surface area contributed by atoms with Gasteiger partial charge in [-0.15, -0.1) is 24.0 Å². The highest BCUT2D eigenvalue weighted by Crippen LogP contribution is 2.47. The van der Waals surface area contributed by atoms with E-state index in [4.69, 9.17) is 4.74 Å². The number of halogens is 4. The van der Waals surface area contributed by atoms with Gasteiger partial charge in [0.1, 0.15) is 0 Å². The number of alkyl halides is 3. The molecule has 168 valence electrons. The van der Waals surface area contributed by atoms with Crippen LogP contribution < -0.4 is 10.2 Å². The molecular weight excluding hydrogens is 508 g/mol. The fourth-order valence-electron chi connectivity index (χ4n) is 4.71. The number of nitrogens with zero attached hydrogens (tertiary/aromatic N) is 3. The van der Waals surface area contributed by atoms with Crippen molar-refractivity contribution < 1.29 is 17.9 Å². The first-order valence-corrected chi connectivity index (χ1v) is 10.4. The molecule has 9 heteroatoms. The Kier molecular flexibility index (Phi) is 7.42. The van der Waals surface area contributed by atoms with Crippen molar-refractivity contribution in [1.82, 2.24) is 10.2 Å². The van der Waals surface area contributed by atoms with E-state index in [0.717, 1.165) is 19.5 Å². The van der Waals surface area contributed by atoms with E-state index >= 15 is 0 Å². The van der Waals surface area contributed by atoms with Gasteiger partial charge in [0.05, 0.1) is 18.8 Å². The molecule has 2 aliphatic heterocycles. The SMILES string of the molecule is CN=C(NCc1ccc(N2CCOCC2)cc1C(F)(F)F)N1CCC2(CCC2)C1.I. The minimum atomic E-state index is -4.40. The third kappa shape index (κ3) is 4.98. The zero-order chi connectivity index (χ0) is 20.5. The van der Waals surface area contributed by atoms with Gasteiger partial charge in [-0.1, -0.05) is 12.5 Å². The fraction of sp³-hybridized carbons (Fsp3) is 0.667.